The van der Waals surface area contributed by atoms with Crippen molar-refractivity contribution in [1.29, 1.82) is 0 Å². The summed E-state index contributed by atoms with van der Waals surface area (Å²) in [5.41, 5.74) is 0.382. The molecule has 0 fully saturated rings. The molecule has 3 aromatic heterocycles. The Bertz CT molecular complexity index is 871. The number of amides is 1. The predicted molar refractivity (Wildman–Crippen MR) is 93.0 cm³/mol. The maximum Gasteiger partial charge on any atom is 0.257 e. The second kappa shape index (κ2) is 7.76. The molecule has 7 heteroatoms. The number of thiophene rings is 1. The highest BCUT2D eigenvalue weighted by atomic mass is 32.1. The molecule has 3 heterocycles. The lowest BCUT2D eigenvalue weighted by molar-refractivity contribution is 0.0946. The van der Waals surface area contributed by atoms with Crippen molar-refractivity contribution >= 4 is 23.0 Å². The van der Waals surface area contributed by atoms with Crippen molar-refractivity contribution in [2.45, 2.75) is 13.5 Å². The summed E-state index contributed by atoms with van der Waals surface area (Å²) >= 11 is 1.32. The lowest BCUT2D eigenvalue weighted by atomic mass is 10.2. The summed E-state index contributed by atoms with van der Waals surface area (Å²) in [6.45, 7) is 2.58. The van der Waals surface area contributed by atoms with E-state index in [4.69, 9.17) is 9.15 Å². The zero-order chi connectivity index (χ0) is 17.6. The van der Waals surface area contributed by atoms with Gasteiger partial charge in [0.05, 0.1) is 24.3 Å². The number of hydrogen-bond donors (Lipinski definition) is 1. The van der Waals surface area contributed by atoms with E-state index in [-0.39, 0.29) is 11.7 Å². The van der Waals surface area contributed by atoms with Crippen molar-refractivity contribution in [2.24, 2.45) is 0 Å². The van der Waals surface area contributed by atoms with Crippen LogP contribution < -0.4 is 10.1 Å². The van der Waals surface area contributed by atoms with E-state index >= 15 is 0 Å². The molecule has 25 heavy (non-hydrogen) atoms. The largest absolute Gasteiger partial charge is 0.477 e. The highest BCUT2D eigenvalue weighted by Crippen LogP contribution is 2.21. The van der Waals surface area contributed by atoms with Crippen molar-refractivity contribution in [3.05, 3.63) is 69.9 Å². The molecule has 128 valence electrons. The number of pyridine rings is 1. The quantitative estimate of drug-likeness (QED) is 0.657. The second-order valence-corrected chi connectivity index (χ2v) is 6.21. The molecule has 0 aliphatic rings. The number of rotatable bonds is 7. The molecular formula is C18H16N2O4S. The van der Waals surface area contributed by atoms with Crippen LogP contribution in [0.1, 0.15) is 37.6 Å². The van der Waals surface area contributed by atoms with Gasteiger partial charge in [-0.1, -0.05) is 0 Å². The molecule has 3 aromatic rings. The Balaban J connectivity index is 1.64. The molecule has 0 bridgehead atoms. The molecule has 6 nitrogen and oxygen atoms in total. The van der Waals surface area contributed by atoms with E-state index in [2.05, 4.69) is 10.3 Å². The lowest BCUT2D eigenvalue weighted by Gasteiger charge is -2.08. The summed E-state index contributed by atoms with van der Waals surface area (Å²) in [4.78, 5) is 30.0. The van der Waals surface area contributed by atoms with E-state index < -0.39 is 0 Å². The van der Waals surface area contributed by atoms with Crippen LogP contribution in [0.25, 0.3) is 0 Å². The van der Waals surface area contributed by atoms with Gasteiger partial charge in [-0.15, -0.1) is 11.3 Å². The number of carbonyl (C=O) groups is 2. The molecule has 0 aliphatic carbocycles. The van der Waals surface area contributed by atoms with Gasteiger partial charge in [-0.05, 0) is 43.3 Å². The van der Waals surface area contributed by atoms with Gasteiger partial charge < -0.3 is 14.5 Å². The topological polar surface area (TPSA) is 81.4 Å². The molecule has 1 N–H and O–H groups in total. The first-order valence-electron chi connectivity index (χ1n) is 7.72. The zero-order valence-electron chi connectivity index (χ0n) is 13.5. The van der Waals surface area contributed by atoms with Gasteiger partial charge in [0.15, 0.2) is 5.76 Å². The number of aromatic nitrogens is 1. The highest BCUT2D eigenvalue weighted by molar-refractivity contribution is 7.14. The van der Waals surface area contributed by atoms with Crippen molar-refractivity contribution < 1.29 is 18.7 Å². The van der Waals surface area contributed by atoms with Crippen LogP contribution in [0.3, 0.4) is 0 Å². The van der Waals surface area contributed by atoms with Gasteiger partial charge in [0.2, 0.25) is 11.7 Å². The summed E-state index contributed by atoms with van der Waals surface area (Å²) in [7, 11) is 0. The minimum Gasteiger partial charge on any atom is -0.477 e. The standard InChI is InChI=1S/C18H16N2O4S/c1-2-23-18-13(5-3-9-19-18)17(22)20-11-12-7-8-15(25-12)16(21)14-6-4-10-24-14/h3-10H,2,11H2,1H3,(H,20,22). The first-order chi connectivity index (χ1) is 12.2. The van der Waals surface area contributed by atoms with Crippen LogP contribution in [-0.2, 0) is 6.54 Å². The molecule has 0 atom stereocenters. The Morgan fingerprint density at radius 3 is 2.88 bits per heavy atom. The smallest absolute Gasteiger partial charge is 0.257 e. The number of hydrogen-bond acceptors (Lipinski definition) is 6. The van der Waals surface area contributed by atoms with Gasteiger partial charge in [-0.25, -0.2) is 4.98 Å². The fourth-order valence-corrected chi connectivity index (χ4v) is 3.09. The average Bonchev–Trinajstić information content (AvgIpc) is 3.32. The number of furan rings is 1. The van der Waals surface area contributed by atoms with Crippen LogP contribution in [0, 0.1) is 0 Å². The monoisotopic (exact) mass is 356 g/mol. The molecule has 1 amide bonds. The summed E-state index contributed by atoms with van der Waals surface area (Å²) in [6, 6.07) is 10.2. The van der Waals surface area contributed by atoms with Gasteiger partial charge >= 0.3 is 0 Å². The SMILES string of the molecule is CCOc1ncccc1C(=O)NCc1ccc(C(=O)c2ccco2)s1. The Morgan fingerprint density at radius 1 is 1.24 bits per heavy atom. The van der Waals surface area contributed by atoms with Crippen molar-refractivity contribution in [3.63, 3.8) is 0 Å². The van der Waals surface area contributed by atoms with Crippen molar-refractivity contribution in [2.75, 3.05) is 6.61 Å². The van der Waals surface area contributed by atoms with Crippen LogP contribution in [0.2, 0.25) is 0 Å². The molecular weight excluding hydrogens is 340 g/mol. The molecule has 0 saturated carbocycles. The third-order valence-corrected chi connectivity index (χ3v) is 4.43. The van der Waals surface area contributed by atoms with E-state index in [1.807, 2.05) is 13.0 Å². The fourth-order valence-electron chi connectivity index (χ4n) is 2.20. The number of ether oxygens (including phenoxy) is 1. The molecule has 0 saturated heterocycles. The van der Waals surface area contributed by atoms with Crippen LogP contribution in [-0.4, -0.2) is 23.3 Å². The summed E-state index contributed by atoms with van der Waals surface area (Å²) < 4.78 is 10.5. The van der Waals surface area contributed by atoms with Gasteiger partial charge in [0, 0.05) is 11.1 Å². The van der Waals surface area contributed by atoms with Crippen molar-refractivity contribution in [3.8, 4) is 5.88 Å². The Morgan fingerprint density at radius 2 is 2.12 bits per heavy atom. The van der Waals surface area contributed by atoms with Crippen LogP contribution in [0.5, 0.6) is 5.88 Å². The third kappa shape index (κ3) is 3.95. The molecule has 0 spiro atoms. The van der Waals surface area contributed by atoms with Gasteiger partial charge in [-0.3, -0.25) is 9.59 Å². The number of carbonyl (C=O) groups excluding carboxylic acids is 2. The predicted octanol–water partition coefficient (Wildman–Crippen LogP) is 3.30. The van der Waals surface area contributed by atoms with Crippen LogP contribution in [0.15, 0.2) is 53.3 Å². The van der Waals surface area contributed by atoms with Crippen molar-refractivity contribution in [1.82, 2.24) is 10.3 Å². The highest BCUT2D eigenvalue weighted by Gasteiger charge is 2.16. The lowest BCUT2D eigenvalue weighted by Crippen LogP contribution is -2.23. The van der Waals surface area contributed by atoms with Crippen LogP contribution in [0.4, 0.5) is 0 Å². The number of nitrogens with zero attached hydrogens (tertiary/aromatic N) is 1. The van der Waals surface area contributed by atoms with E-state index in [1.165, 1.54) is 17.6 Å². The summed E-state index contributed by atoms with van der Waals surface area (Å²) in [5.74, 6) is 0.166. The molecule has 0 aliphatic heterocycles. The Hall–Kier alpha value is -2.93. The van der Waals surface area contributed by atoms with Gasteiger partial charge in [0.25, 0.3) is 5.91 Å². The Labute approximate surface area is 148 Å². The van der Waals surface area contributed by atoms with E-state index in [0.717, 1.165) is 4.88 Å². The maximum atomic E-state index is 12.3. The molecule has 0 radical (unpaired) electrons. The first kappa shape index (κ1) is 16.9. The number of nitrogens with one attached hydrogen (secondary N) is 1. The fraction of sp³-hybridized carbons (Fsp3) is 0.167. The number of ketones is 1. The summed E-state index contributed by atoms with van der Waals surface area (Å²) in [6.07, 6.45) is 3.04. The minimum absolute atomic E-state index is 0.168. The normalized spacial score (nSPS) is 10.4. The zero-order valence-corrected chi connectivity index (χ0v) is 14.3. The van der Waals surface area contributed by atoms with E-state index in [1.54, 1.807) is 36.5 Å². The molecule has 3 rings (SSSR count). The Kier molecular flexibility index (Phi) is 5.25. The molecule has 0 aromatic carbocycles. The minimum atomic E-state index is -0.274. The van der Waals surface area contributed by atoms with Gasteiger partial charge in [-0.2, -0.15) is 0 Å². The average molecular weight is 356 g/mol. The molecule has 0 unspecified atom stereocenters. The second-order valence-electron chi connectivity index (χ2n) is 5.04. The van der Waals surface area contributed by atoms with E-state index in [0.29, 0.717) is 35.2 Å². The van der Waals surface area contributed by atoms with Gasteiger partial charge in [0.1, 0.15) is 5.56 Å². The first-order valence-corrected chi connectivity index (χ1v) is 8.53. The summed E-state index contributed by atoms with van der Waals surface area (Å²) in [5, 5.41) is 2.82. The third-order valence-electron chi connectivity index (χ3n) is 3.35. The maximum absolute atomic E-state index is 12.3. The van der Waals surface area contributed by atoms with Crippen LogP contribution >= 0.6 is 11.3 Å². The van der Waals surface area contributed by atoms with E-state index in [9.17, 15) is 9.59 Å².